The smallest absolute Gasteiger partial charge is 0.261 e. The molecule has 56 heavy (non-hydrogen) atoms. The molecule has 2 aliphatic heterocycles. The van der Waals surface area contributed by atoms with Crippen LogP contribution in [-0.2, 0) is 9.59 Å². The van der Waals surface area contributed by atoms with Crippen molar-refractivity contribution >= 4 is 45.9 Å². The highest BCUT2D eigenvalue weighted by Crippen LogP contribution is 2.49. The molecule has 4 heterocycles. The van der Waals surface area contributed by atoms with Gasteiger partial charge in [-0.1, -0.05) is 194 Å². The molecule has 0 N–H and O–H groups in total. The van der Waals surface area contributed by atoms with Crippen molar-refractivity contribution in [2.45, 2.75) is 207 Å². The van der Waals surface area contributed by atoms with E-state index in [1.54, 1.807) is 22.7 Å². The molecule has 0 saturated heterocycles. The highest BCUT2D eigenvalue weighted by molar-refractivity contribution is 7.11. The van der Waals surface area contributed by atoms with Crippen LogP contribution in [0.1, 0.15) is 217 Å². The van der Waals surface area contributed by atoms with Gasteiger partial charge in [0.2, 0.25) is 0 Å². The van der Waals surface area contributed by atoms with E-state index in [0.29, 0.717) is 36.1 Å². The second-order valence-corrected chi connectivity index (χ2v) is 19.1. The molecule has 0 aliphatic carbocycles. The van der Waals surface area contributed by atoms with E-state index < -0.39 is 0 Å². The third-order valence-electron chi connectivity index (χ3n) is 12.4. The van der Waals surface area contributed by atoms with Crippen LogP contribution in [0.5, 0.6) is 0 Å². The Bertz CT molecular complexity index is 1280. The molecule has 0 bridgehead atoms. The van der Waals surface area contributed by atoms with E-state index in [0.717, 1.165) is 46.8 Å². The van der Waals surface area contributed by atoms with Crippen molar-refractivity contribution in [3.05, 3.63) is 55.9 Å². The van der Waals surface area contributed by atoms with Gasteiger partial charge in [-0.2, -0.15) is 0 Å². The number of carbonyl (C=O) groups is 2. The summed E-state index contributed by atoms with van der Waals surface area (Å²) in [5.74, 6) is 1.01. The summed E-state index contributed by atoms with van der Waals surface area (Å²) >= 11 is 3.34. The summed E-state index contributed by atoms with van der Waals surface area (Å²) in [5, 5.41) is 4.21. The van der Waals surface area contributed by atoms with Gasteiger partial charge in [0, 0.05) is 13.1 Å². The van der Waals surface area contributed by atoms with Crippen molar-refractivity contribution < 1.29 is 9.59 Å². The van der Waals surface area contributed by atoms with Crippen molar-refractivity contribution in [3.63, 3.8) is 0 Å². The summed E-state index contributed by atoms with van der Waals surface area (Å²) in [6, 6.07) is 8.42. The summed E-state index contributed by atoms with van der Waals surface area (Å²) in [6.45, 7) is 10.6. The summed E-state index contributed by atoms with van der Waals surface area (Å²) in [6.07, 6.45) is 35.6. The highest BCUT2D eigenvalue weighted by Gasteiger charge is 2.49. The van der Waals surface area contributed by atoms with Gasteiger partial charge >= 0.3 is 0 Å². The molecule has 6 heteroatoms. The first-order valence-electron chi connectivity index (χ1n) is 23.8. The standard InChI is InChI=1S/C50H80N2O2S2/c1-5-9-13-17-21-25-31-41(32-26-22-18-14-10-6-2)39-51-47(43-35-29-37-55-43)45-46(49(51)53)48(44-36-30-38-56-44)52(50(45)54)40-42(33-27-23-19-15-11-7-3)34-28-24-20-16-12-8-4/h29-30,35-38,41-42H,5-28,31-34,39-40H2,1-4H3. The molecule has 0 spiro atoms. The number of thiophene rings is 2. The molecule has 0 aromatic carbocycles. The number of amides is 2. The maximum absolute atomic E-state index is 15.1. The first-order valence-corrected chi connectivity index (χ1v) is 25.5. The van der Waals surface area contributed by atoms with Crippen molar-refractivity contribution in [2.24, 2.45) is 11.8 Å². The minimum absolute atomic E-state index is 0.0574. The Morgan fingerprint density at radius 3 is 0.982 bits per heavy atom. The van der Waals surface area contributed by atoms with E-state index in [1.807, 2.05) is 0 Å². The SMILES string of the molecule is CCCCCCCCC(CCCCCCCC)CN1C(=O)C2=C(c3cccs3)N(CC(CCCCCCCC)CCCCCCCC)C(=O)C2=C1c1cccs1. The topological polar surface area (TPSA) is 40.6 Å². The quantitative estimate of drug-likeness (QED) is 0.0661. The fourth-order valence-electron chi connectivity index (χ4n) is 9.11. The van der Waals surface area contributed by atoms with Gasteiger partial charge in [0.05, 0.1) is 32.3 Å². The molecule has 2 aromatic heterocycles. The van der Waals surface area contributed by atoms with E-state index in [2.05, 4.69) is 72.5 Å². The Hall–Kier alpha value is -2.18. The number of carbonyl (C=O) groups excluding carboxylic acids is 2. The third-order valence-corrected chi connectivity index (χ3v) is 14.2. The predicted molar refractivity (Wildman–Crippen MR) is 245 cm³/mol. The summed E-state index contributed by atoms with van der Waals surface area (Å²) in [4.78, 5) is 36.4. The second kappa shape index (κ2) is 27.5. The van der Waals surface area contributed by atoms with Crippen LogP contribution in [0.4, 0.5) is 0 Å². The van der Waals surface area contributed by atoms with Crippen molar-refractivity contribution in [1.29, 1.82) is 0 Å². The van der Waals surface area contributed by atoms with Crippen LogP contribution < -0.4 is 0 Å². The molecule has 2 amide bonds. The Morgan fingerprint density at radius 1 is 0.429 bits per heavy atom. The van der Waals surface area contributed by atoms with Gasteiger partial charge in [0.15, 0.2) is 0 Å². The van der Waals surface area contributed by atoms with Crippen LogP contribution in [-0.4, -0.2) is 34.7 Å². The first-order chi connectivity index (χ1) is 27.5. The van der Waals surface area contributed by atoms with Crippen molar-refractivity contribution in [1.82, 2.24) is 9.80 Å². The number of hydrogen-bond donors (Lipinski definition) is 0. The van der Waals surface area contributed by atoms with Gasteiger partial charge in [-0.25, -0.2) is 0 Å². The number of unbranched alkanes of at least 4 members (excludes halogenated alkanes) is 20. The molecule has 2 aromatic rings. The van der Waals surface area contributed by atoms with Crippen LogP contribution in [0.3, 0.4) is 0 Å². The molecule has 314 valence electrons. The Labute approximate surface area is 352 Å². The Morgan fingerprint density at radius 2 is 0.714 bits per heavy atom. The third kappa shape index (κ3) is 14.6. The van der Waals surface area contributed by atoms with Crippen molar-refractivity contribution in [2.75, 3.05) is 13.1 Å². The van der Waals surface area contributed by atoms with Gasteiger partial charge in [0.1, 0.15) is 0 Å². The maximum atomic E-state index is 15.1. The molecule has 0 fully saturated rings. The first kappa shape index (κ1) is 46.5. The molecule has 2 aliphatic rings. The van der Waals surface area contributed by atoms with Crippen LogP contribution in [0.2, 0.25) is 0 Å². The zero-order chi connectivity index (χ0) is 39.8. The number of fused-ring (bicyclic) bond motifs is 1. The lowest BCUT2D eigenvalue weighted by Gasteiger charge is -2.29. The van der Waals surface area contributed by atoms with E-state index in [1.165, 1.54) is 154 Å². The summed E-state index contributed by atoms with van der Waals surface area (Å²) in [7, 11) is 0. The van der Waals surface area contributed by atoms with Crippen LogP contribution in [0, 0.1) is 11.8 Å². The fraction of sp³-hybridized carbons (Fsp3) is 0.720. The highest BCUT2D eigenvalue weighted by atomic mass is 32.1. The number of nitrogens with zero attached hydrogens (tertiary/aromatic N) is 2. The normalized spacial score (nSPS) is 14.6. The zero-order valence-electron chi connectivity index (χ0n) is 36.4. The largest absolute Gasteiger partial charge is 0.306 e. The molecular formula is C50H80N2O2S2. The fourth-order valence-corrected chi connectivity index (χ4v) is 10.7. The summed E-state index contributed by atoms with van der Waals surface area (Å²) < 4.78 is 0. The Kier molecular flexibility index (Phi) is 22.8. The molecular weight excluding hydrogens is 725 g/mol. The molecule has 4 rings (SSSR count). The zero-order valence-corrected chi connectivity index (χ0v) is 38.0. The van der Waals surface area contributed by atoms with Gasteiger partial charge in [-0.05, 0) is 60.4 Å². The number of rotatable bonds is 34. The molecule has 0 saturated carbocycles. The van der Waals surface area contributed by atoms with Gasteiger partial charge in [0.25, 0.3) is 11.8 Å². The van der Waals surface area contributed by atoms with Gasteiger partial charge in [-0.3, -0.25) is 9.59 Å². The predicted octanol–water partition coefficient (Wildman–Crippen LogP) is 15.9. The average Bonchev–Trinajstić information content (AvgIpc) is 4.02. The lowest BCUT2D eigenvalue weighted by atomic mass is 9.93. The molecule has 0 atom stereocenters. The molecule has 0 radical (unpaired) electrons. The average molecular weight is 805 g/mol. The Balaban J connectivity index is 1.60. The lowest BCUT2D eigenvalue weighted by Crippen LogP contribution is -2.34. The molecule has 0 unspecified atom stereocenters. The monoisotopic (exact) mass is 805 g/mol. The van der Waals surface area contributed by atoms with Gasteiger partial charge < -0.3 is 9.80 Å². The van der Waals surface area contributed by atoms with E-state index in [4.69, 9.17) is 0 Å². The second-order valence-electron chi connectivity index (χ2n) is 17.2. The summed E-state index contributed by atoms with van der Waals surface area (Å²) in [5.41, 5.74) is 3.13. The van der Waals surface area contributed by atoms with E-state index >= 15 is 9.59 Å². The van der Waals surface area contributed by atoms with Crippen molar-refractivity contribution in [3.8, 4) is 0 Å². The molecule has 4 nitrogen and oxygen atoms in total. The maximum Gasteiger partial charge on any atom is 0.261 e. The van der Waals surface area contributed by atoms with Crippen LogP contribution >= 0.6 is 22.7 Å². The lowest BCUT2D eigenvalue weighted by molar-refractivity contribution is -0.124. The minimum atomic E-state index is 0.0574. The minimum Gasteiger partial charge on any atom is -0.306 e. The van der Waals surface area contributed by atoms with Crippen LogP contribution in [0.25, 0.3) is 11.4 Å². The number of hydrogen-bond acceptors (Lipinski definition) is 4. The van der Waals surface area contributed by atoms with E-state index in [-0.39, 0.29) is 11.8 Å². The van der Waals surface area contributed by atoms with E-state index in [9.17, 15) is 0 Å². The van der Waals surface area contributed by atoms with Gasteiger partial charge in [-0.15, -0.1) is 22.7 Å². The van der Waals surface area contributed by atoms with Crippen LogP contribution in [0.15, 0.2) is 46.2 Å².